The lowest BCUT2D eigenvalue weighted by atomic mass is 10.4. The lowest BCUT2D eigenvalue weighted by Crippen LogP contribution is -2.08. The highest BCUT2D eigenvalue weighted by molar-refractivity contribution is 9.10. The molecule has 0 aliphatic rings. The van der Waals surface area contributed by atoms with Crippen molar-refractivity contribution >= 4 is 27.7 Å². The van der Waals surface area contributed by atoms with Gasteiger partial charge in [-0.05, 0) is 35.0 Å². The van der Waals surface area contributed by atoms with Gasteiger partial charge in [0.05, 0.1) is 12.2 Å². The molecule has 0 fully saturated rings. The van der Waals surface area contributed by atoms with Gasteiger partial charge in [0, 0.05) is 23.0 Å². The van der Waals surface area contributed by atoms with Gasteiger partial charge >= 0.3 is 0 Å². The highest BCUT2D eigenvalue weighted by atomic mass is 79.9. The molecule has 96 valence electrons. The lowest BCUT2D eigenvalue weighted by Gasteiger charge is -2.05. The summed E-state index contributed by atoms with van der Waals surface area (Å²) in [5.41, 5.74) is 6.63. The van der Waals surface area contributed by atoms with Crippen LogP contribution in [0.2, 0.25) is 0 Å². The van der Waals surface area contributed by atoms with Crippen LogP contribution in [0.4, 0.5) is 0 Å². The second kappa shape index (κ2) is 6.31. The summed E-state index contributed by atoms with van der Waals surface area (Å²) in [5, 5.41) is 9.11. The third kappa shape index (κ3) is 3.09. The number of pyridine rings is 1. The SMILES string of the molecule is CCn1c(CN)nnc1SCc1ccc(Br)cn1. The highest BCUT2D eigenvalue weighted by Gasteiger charge is 2.10. The van der Waals surface area contributed by atoms with Gasteiger partial charge in [0.2, 0.25) is 0 Å². The zero-order valence-corrected chi connectivity index (χ0v) is 12.4. The summed E-state index contributed by atoms with van der Waals surface area (Å²) >= 11 is 4.99. The number of nitrogens with zero attached hydrogens (tertiary/aromatic N) is 4. The van der Waals surface area contributed by atoms with Crippen molar-refractivity contribution in [3.8, 4) is 0 Å². The third-order valence-corrected chi connectivity index (χ3v) is 3.90. The number of aromatic nitrogens is 4. The molecule has 0 radical (unpaired) electrons. The predicted molar refractivity (Wildman–Crippen MR) is 75.1 cm³/mol. The molecule has 0 aromatic carbocycles. The van der Waals surface area contributed by atoms with E-state index in [0.717, 1.165) is 33.4 Å². The summed E-state index contributed by atoms with van der Waals surface area (Å²) in [6.07, 6.45) is 1.80. The average molecular weight is 328 g/mol. The standard InChI is InChI=1S/C11H14BrN5S/c1-2-17-10(5-13)15-16-11(17)18-7-9-4-3-8(12)6-14-9/h3-4,6H,2,5,7,13H2,1H3. The number of nitrogens with two attached hydrogens (primary N) is 1. The van der Waals surface area contributed by atoms with Crippen molar-refractivity contribution in [2.75, 3.05) is 0 Å². The van der Waals surface area contributed by atoms with Crippen molar-refractivity contribution in [2.45, 2.75) is 30.9 Å². The van der Waals surface area contributed by atoms with Crippen LogP contribution in [-0.2, 0) is 18.8 Å². The Labute approximate surface area is 118 Å². The van der Waals surface area contributed by atoms with E-state index >= 15 is 0 Å². The Hall–Kier alpha value is -0.920. The van der Waals surface area contributed by atoms with E-state index in [0.29, 0.717) is 6.54 Å². The Morgan fingerprint density at radius 2 is 2.22 bits per heavy atom. The summed E-state index contributed by atoms with van der Waals surface area (Å²) in [4.78, 5) is 4.33. The molecule has 18 heavy (non-hydrogen) atoms. The Kier molecular flexibility index (Phi) is 4.73. The molecule has 5 nitrogen and oxygen atoms in total. The van der Waals surface area contributed by atoms with E-state index in [2.05, 4.69) is 38.0 Å². The largest absolute Gasteiger partial charge is 0.324 e. The zero-order chi connectivity index (χ0) is 13.0. The molecule has 0 atom stereocenters. The quantitative estimate of drug-likeness (QED) is 0.852. The van der Waals surface area contributed by atoms with Crippen LogP contribution in [0.25, 0.3) is 0 Å². The van der Waals surface area contributed by atoms with Crippen LogP contribution in [0, 0.1) is 0 Å². The molecule has 0 aliphatic heterocycles. The van der Waals surface area contributed by atoms with Gasteiger partial charge in [-0.3, -0.25) is 4.98 Å². The Balaban J connectivity index is 2.06. The maximum atomic E-state index is 5.61. The first kappa shape index (κ1) is 13.5. The number of rotatable bonds is 5. The van der Waals surface area contributed by atoms with E-state index in [1.807, 2.05) is 16.7 Å². The Morgan fingerprint density at radius 1 is 1.39 bits per heavy atom. The van der Waals surface area contributed by atoms with Gasteiger partial charge in [-0.2, -0.15) is 0 Å². The van der Waals surface area contributed by atoms with E-state index in [1.54, 1.807) is 18.0 Å². The lowest BCUT2D eigenvalue weighted by molar-refractivity contribution is 0.643. The zero-order valence-electron chi connectivity index (χ0n) is 10.0. The fourth-order valence-corrected chi connectivity index (χ4v) is 2.70. The van der Waals surface area contributed by atoms with Crippen LogP contribution in [-0.4, -0.2) is 19.7 Å². The molecule has 0 saturated heterocycles. The molecule has 0 bridgehead atoms. The van der Waals surface area contributed by atoms with Crippen LogP contribution in [0.1, 0.15) is 18.4 Å². The van der Waals surface area contributed by atoms with E-state index in [4.69, 9.17) is 5.73 Å². The monoisotopic (exact) mass is 327 g/mol. The first-order chi connectivity index (χ1) is 8.74. The average Bonchev–Trinajstić information content (AvgIpc) is 2.80. The van der Waals surface area contributed by atoms with E-state index < -0.39 is 0 Å². The minimum Gasteiger partial charge on any atom is -0.324 e. The van der Waals surface area contributed by atoms with Crippen molar-refractivity contribution in [3.63, 3.8) is 0 Å². The minimum absolute atomic E-state index is 0.415. The fourth-order valence-electron chi connectivity index (χ4n) is 1.52. The summed E-state index contributed by atoms with van der Waals surface area (Å²) in [6, 6.07) is 3.98. The number of halogens is 1. The second-order valence-corrected chi connectivity index (χ2v) is 5.46. The normalized spacial score (nSPS) is 10.8. The van der Waals surface area contributed by atoms with Gasteiger partial charge in [0.15, 0.2) is 5.16 Å². The van der Waals surface area contributed by atoms with Crippen molar-refractivity contribution in [1.29, 1.82) is 0 Å². The first-order valence-corrected chi connectivity index (χ1v) is 7.37. The van der Waals surface area contributed by atoms with Crippen molar-refractivity contribution in [2.24, 2.45) is 5.73 Å². The topological polar surface area (TPSA) is 69.6 Å². The summed E-state index contributed by atoms with van der Waals surface area (Å²) < 4.78 is 3.02. The van der Waals surface area contributed by atoms with Crippen LogP contribution < -0.4 is 5.73 Å². The molecular formula is C11H14BrN5S. The molecule has 7 heteroatoms. The van der Waals surface area contributed by atoms with Crippen LogP contribution in [0.5, 0.6) is 0 Å². The van der Waals surface area contributed by atoms with E-state index in [1.165, 1.54) is 0 Å². The fraction of sp³-hybridized carbons (Fsp3) is 0.364. The molecule has 0 amide bonds. The maximum Gasteiger partial charge on any atom is 0.191 e. The molecule has 0 unspecified atom stereocenters. The summed E-state index contributed by atoms with van der Waals surface area (Å²) in [5.74, 6) is 1.60. The number of hydrogen-bond donors (Lipinski definition) is 1. The number of thioether (sulfide) groups is 1. The van der Waals surface area contributed by atoms with E-state index in [9.17, 15) is 0 Å². The van der Waals surface area contributed by atoms with Crippen LogP contribution >= 0.6 is 27.7 Å². The smallest absolute Gasteiger partial charge is 0.191 e. The van der Waals surface area contributed by atoms with Gasteiger partial charge in [0.25, 0.3) is 0 Å². The molecule has 0 aliphatic carbocycles. The minimum atomic E-state index is 0.415. The van der Waals surface area contributed by atoms with Gasteiger partial charge < -0.3 is 10.3 Å². The summed E-state index contributed by atoms with van der Waals surface area (Å²) in [6.45, 7) is 3.30. The first-order valence-electron chi connectivity index (χ1n) is 5.60. The second-order valence-electron chi connectivity index (χ2n) is 3.60. The van der Waals surface area contributed by atoms with Crippen LogP contribution in [0.15, 0.2) is 28.0 Å². The predicted octanol–water partition coefficient (Wildman–Crippen LogP) is 2.21. The van der Waals surface area contributed by atoms with E-state index in [-0.39, 0.29) is 0 Å². The van der Waals surface area contributed by atoms with Gasteiger partial charge in [-0.15, -0.1) is 10.2 Å². The molecule has 0 saturated carbocycles. The third-order valence-electron chi connectivity index (χ3n) is 2.43. The Morgan fingerprint density at radius 3 is 2.83 bits per heavy atom. The highest BCUT2D eigenvalue weighted by Crippen LogP contribution is 2.21. The van der Waals surface area contributed by atoms with Gasteiger partial charge in [-0.25, -0.2) is 0 Å². The van der Waals surface area contributed by atoms with Crippen molar-refractivity contribution < 1.29 is 0 Å². The molecule has 0 spiro atoms. The molecule has 2 aromatic heterocycles. The molecule has 2 aromatic rings. The maximum absolute atomic E-state index is 5.61. The van der Waals surface area contributed by atoms with Gasteiger partial charge in [0.1, 0.15) is 5.82 Å². The van der Waals surface area contributed by atoms with Gasteiger partial charge in [-0.1, -0.05) is 11.8 Å². The molecule has 2 rings (SSSR count). The van der Waals surface area contributed by atoms with Crippen molar-refractivity contribution in [1.82, 2.24) is 19.7 Å². The summed E-state index contributed by atoms with van der Waals surface area (Å²) in [7, 11) is 0. The van der Waals surface area contributed by atoms with Crippen LogP contribution in [0.3, 0.4) is 0 Å². The molecular weight excluding hydrogens is 314 g/mol. The molecule has 2 N–H and O–H groups in total. The molecule has 2 heterocycles. The van der Waals surface area contributed by atoms with Crippen molar-refractivity contribution in [3.05, 3.63) is 34.3 Å². The Bertz CT molecular complexity index is 511. The number of hydrogen-bond acceptors (Lipinski definition) is 5.